The molecule has 0 aliphatic carbocycles. The van der Waals surface area contributed by atoms with E-state index in [-0.39, 0.29) is 0 Å². The largest absolute Gasteiger partial charge is 0.381 e. The molecular weight excluding hydrogens is 196 g/mol. The molecule has 4 heteroatoms. The predicted molar refractivity (Wildman–Crippen MR) is 56.9 cm³/mol. The van der Waals surface area contributed by atoms with Crippen LogP contribution < -0.4 is 0 Å². The summed E-state index contributed by atoms with van der Waals surface area (Å²) in [6, 6.07) is 0. The molecule has 0 spiro atoms. The van der Waals surface area contributed by atoms with Crippen LogP contribution in [0.5, 0.6) is 0 Å². The van der Waals surface area contributed by atoms with Gasteiger partial charge in [-0.25, -0.2) is 0 Å². The highest BCUT2D eigenvalue weighted by Gasteiger charge is 1.91. The summed E-state index contributed by atoms with van der Waals surface area (Å²) < 4.78 is 10.5. The fraction of sp³-hybridized carbons (Fsp3) is 0.818. The molecule has 0 saturated heterocycles. The van der Waals surface area contributed by atoms with Gasteiger partial charge in [0, 0.05) is 39.3 Å². The van der Waals surface area contributed by atoms with Crippen LogP contribution in [0.2, 0.25) is 0 Å². The lowest BCUT2D eigenvalue weighted by atomic mass is 10.3. The lowest BCUT2D eigenvalue weighted by Crippen LogP contribution is -2.03. The summed E-state index contributed by atoms with van der Waals surface area (Å²) in [4.78, 5) is 19.9. The number of hydrogen-bond acceptors (Lipinski definition) is 4. The molecule has 0 fully saturated rings. The number of hydrogen-bond donors (Lipinski definition) is 0. The van der Waals surface area contributed by atoms with Crippen LogP contribution >= 0.6 is 0 Å². The molecule has 0 aromatic carbocycles. The summed E-state index contributed by atoms with van der Waals surface area (Å²) >= 11 is 0. The first kappa shape index (κ1) is 14.3. The lowest BCUT2D eigenvalue weighted by Gasteiger charge is -2.04. The van der Waals surface area contributed by atoms with Gasteiger partial charge in [0.15, 0.2) is 0 Å². The van der Waals surface area contributed by atoms with Gasteiger partial charge >= 0.3 is 0 Å². The Kier molecular flexibility index (Phi) is 12.6. The summed E-state index contributed by atoms with van der Waals surface area (Å²) in [5.74, 6) is 0. The van der Waals surface area contributed by atoms with Crippen LogP contribution in [-0.2, 0) is 19.1 Å². The van der Waals surface area contributed by atoms with Crippen molar-refractivity contribution in [3.8, 4) is 0 Å². The van der Waals surface area contributed by atoms with Crippen molar-refractivity contribution in [1.82, 2.24) is 0 Å². The zero-order valence-electron chi connectivity index (χ0n) is 9.15. The van der Waals surface area contributed by atoms with Crippen LogP contribution in [0.3, 0.4) is 0 Å². The van der Waals surface area contributed by atoms with E-state index in [1.165, 1.54) is 0 Å². The normalized spacial score (nSPS) is 10.1. The molecule has 0 bridgehead atoms. The van der Waals surface area contributed by atoms with Crippen LogP contribution in [0, 0.1) is 0 Å². The molecule has 88 valence electrons. The van der Waals surface area contributed by atoms with Gasteiger partial charge in [-0.3, -0.25) is 0 Å². The van der Waals surface area contributed by atoms with E-state index < -0.39 is 0 Å². The summed E-state index contributed by atoms with van der Waals surface area (Å²) in [5.41, 5.74) is 0. The fourth-order valence-electron chi connectivity index (χ4n) is 1.00. The Morgan fingerprint density at radius 1 is 0.667 bits per heavy atom. The van der Waals surface area contributed by atoms with Gasteiger partial charge in [0.2, 0.25) is 0 Å². The standard InChI is InChI=1S/C11H20O4/c12-6-1-3-8-14-10-5-11-15-9-4-2-7-13/h6-7H,1-5,8-11H2. The molecule has 0 rings (SSSR count). The zero-order valence-corrected chi connectivity index (χ0v) is 9.15. The van der Waals surface area contributed by atoms with E-state index in [1.807, 2.05) is 0 Å². The molecule has 0 aromatic heterocycles. The second-order valence-corrected chi connectivity index (χ2v) is 3.20. The second kappa shape index (κ2) is 13.3. The Labute approximate surface area is 90.9 Å². The monoisotopic (exact) mass is 216 g/mol. The maximum atomic E-state index is 9.96. The van der Waals surface area contributed by atoms with Gasteiger partial charge in [0.1, 0.15) is 12.6 Å². The van der Waals surface area contributed by atoms with Crippen molar-refractivity contribution in [3.05, 3.63) is 0 Å². The quantitative estimate of drug-likeness (QED) is 0.365. The van der Waals surface area contributed by atoms with Crippen molar-refractivity contribution in [2.75, 3.05) is 26.4 Å². The third-order valence-electron chi connectivity index (χ3n) is 1.80. The van der Waals surface area contributed by atoms with Crippen LogP contribution in [0.4, 0.5) is 0 Å². The molecule has 0 aromatic rings. The Bertz CT molecular complexity index is 132. The molecule has 0 unspecified atom stereocenters. The van der Waals surface area contributed by atoms with Gasteiger partial charge < -0.3 is 19.1 Å². The van der Waals surface area contributed by atoms with Crippen molar-refractivity contribution in [3.63, 3.8) is 0 Å². The Morgan fingerprint density at radius 2 is 1.07 bits per heavy atom. The fourth-order valence-corrected chi connectivity index (χ4v) is 1.00. The average Bonchev–Trinajstić information content (AvgIpc) is 2.26. The molecule has 4 nitrogen and oxygen atoms in total. The third kappa shape index (κ3) is 13.3. The molecule has 0 radical (unpaired) electrons. The second-order valence-electron chi connectivity index (χ2n) is 3.20. The molecule has 0 atom stereocenters. The van der Waals surface area contributed by atoms with Gasteiger partial charge in [-0.15, -0.1) is 0 Å². The van der Waals surface area contributed by atoms with Crippen molar-refractivity contribution in [2.45, 2.75) is 32.1 Å². The summed E-state index contributed by atoms with van der Waals surface area (Å²) in [6.07, 6.45) is 5.40. The highest BCUT2D eigenvalue weighted by Crippen LogP contribution is 1.91. The van der Waals surface area contributed by atoms with Crippen molar-refractivity contribution < 1.29 is 19.1 Å². The van der Waals surface area contributed by atoms with E-state index in [4.69, 9.17) is 9.47 Å². The predicted octanol–water partition coefficient (Wildman–Crippen LogP) is 1.37. The average molecular weight is 216 g/mol. The van der Waals surface area contributed by atoms with Crippen LogP contribution in [0.15, 0.2) is 0 Å². The van der Waals surface area contributed by atoms with Crippen LogP contribution in [-0.4, -0.2) is 39.0 Å². The van der Waals surface area contributed by atoms with Crippen LogP contribution in [0.25, 0.3) is 0 Å². The summed E-state index contributed by atoms with van der Waals surface area (Å²) in [5, 5.41) is 0. The van der Waals surface area contributed by atoms with E-state index >= 15 is 0 Å². The summed E-state index contributed by atoms with van der Waals surface area (Å²) in [7, 11) is 0. The maximum absolute atomic E-state index is 9.96. The molecule has 0 aliphatic heterocycles. The summed E-state index contributed by atoms with van der Waals surface area (Å²) in [6.45, 7) is 2.63. The number of ether oxygens (including phenoxy) is 2. The first-order valence-corrected chi connectivity index (χ1v) is 5.44. The van der Waals surface area contributed by atoms with Gasteiger partial charge in [-0.2, -0.15) is 0 Å². The number of aldehydes is 2. The van der Waals surface area contributed by atoms with Crippen LogP contribution in [0.1, 0.15) is 32.1 Å². The van der Waals surface area contributed by atoms with Gasteiger partial charge in [-0.05, 0) is 19.3 Å². The number of carbonyl (C=O) groups excluding carboxylic acids is 2. The SMILES string of the molecule is O=CCCCOCCCOCCCC=O. The minimum Gasteiger partial charge on any atom is -0.381 e. The number of carbonyl (C=O) groups is 2. The van der Waals surface area contributed by atoms with Gasteiger partial charge in [-0.1, -0.05) is 0 Å². The smallest absolute Gasteiger partial charge is 0.120 e. The van der Waals surface area contributed by atoms with Crippen molar-refractivity contribution in [2.24, 2.45) is 0 Å². The van der Waals surface area contributed by atoms with E-state index in [1.54, 1.807) is 0 Å². The molecule has 0 saturated carbocycles. The Balaban J connectivity index is 2.86. The molecule has 0 aliphatic rings. The molecule has 0 N–H and O–H groups in total. The van der Waals surface area contributed by atoms with Gasteiger partial charge in [0.05, 0.1) is 0 Å². The van der Waals surface area contributed by atoms with E-state index in [0.717, 1.165) is 31.8 Å². The minimum absolute atomic E-state index is 0.572. The maximum Gasteiger partial charge on any atom is 0.120 e. The van der Waals surface area contributed by atoms with Crippen molar-refractivity contribution in [1.29, 1.82) is 0 Å². The highest BCUT2D eigenvalue weighted by molar-refractivity contribution is 5.49. The highest BCUT2D eigenvalue weighted by atomic mass is 16.5. The zero-order chi connectivity index (χ0) is 11.2. The van der Waals surface area contributed by atoms with E-state index in [9.17, 15) is 9.59 Å². The van der Waals surface area contributed by atoms with E-state index in [2.05, 4.69) is 0 Å². The van der Waals surface area contributed by atoms with Crippen molar-refractivity contribution >= 4 is 12.6 Å². The molecule has 15 heavy (non-hydrogen) atoms. The van der Waals surface area contributed by atoms with E-state index in [0.29, 0.717) is 39.3 Å². The first-order valence-electron chi connectivity index (χ1n) is 5.44. The number of unbranched alkanes of at least 4 members (excludes halogenated alkanes) is 2. The first-order chi connectivity index (χ1) is 7.41. The molecular formula is C11H20O4. The topological polar surface area (TPSA) is 52.6 Å². The lowest BCUT2D eigenvalue weighted by molar-refractivity contribution is -0.108. The Morgan fingerprint density at radius 3 is 1.47 bits per heavy atom. The molecule has 0 amide bonds. The van der Waals surface area contributed by atoms with Gasteiger partial charge in [0.25, 0.3) is 0 Å². The molecule has 0 heterocycles. The third-order valence-corrected chi connectivity index (χ3v) is 1.80. The minimum atomic E-state index is 0.572. The number of rotatable bonds is 12. The Hall–Kier alpha value is -0.740.